The van der Waals surface area contributed by atoms with E-state index >= 15 is 0 Å². The van der Waals surface area contributed by atoms with E-state index in [-0.39, 0.29) is 15.8 Å². The molecule has 1 fully saturated rings. The number of sulfonamides is 1. The molecule has 0 spiro atoms. The number of fused-ring (bicyclic) bond motifs is 1. The Morgan fingerprint density at radius 2 is 1.87 bits per heavy atom. The van der Waals surface area contributed by atoms with Crippen molar-refractivity contribution in [1.82, 2.24) is 15.0 Å². The van der Waals surface area contributed by atoms with Gasteiger partial charge in [-0.1, -0.05) is 13.8 Å². The van der Waals surface area contributed by atoms with Gasteiger partial charge in [0.15, 0.2) is 0 Å². The van der Waals surface area contributed by atoms with E-state index < -0.39 is 10.0 Å². The van der Waals surface area contributed by atoms with Crippen molar-refractivity contribution in [2.24, 2.45) is 11.8 Å². The first kappa shape index (κ1) is 20.3. The predicted molar refractivity (Wildman–Crippen MR) is 117 cm³/mol. The lowest BCUT2D eigenvalue weighted by Gasteiger charge is -2.35. The predicted octanol–water partition coefficient (Wildman–Crippen LogP) is 2.91. The molecule has 1 aliphatic heterocycles. The molecule has 0 unspecified atom stereocenters. The van der Waals surface area contributed by atoms with Gasteiger partial charge in [0, 0.05) is 13.1 Å². The lowest BCUT2D eigenvalue weighted by atomic mass is 9.92. The van der Waals surface area contributed by atoms with Crippen LogP contribution in [0, 0.1) is 18.8 Å². The van der Waals surface area contributed by atoms with Crippen LogP contribution >= 0.6 is 0 Å². The molecule has 3 aromatic rings. The number of H-pyrrole nitrogens is 1. The van der Waals surface area contributed by atoms with Crippen molar-refractivity contribution in [2.75, 3.05) is 22.7 Å². The Bertz CT molecular complexity index is 1230. The second kappa shape index (κ2) is 7.71. The monoisotopic (exact) mass is 427 g/mol. The van der Waals surface area contributed by atoms with Gasteiger partial charge >= 0.3 is 0 Å². The zero-order chi connectivity index (χ0) is 21.5. The minimum Gasteiger partial charge on any atom is -0.356 e. The molecule has 0 aliphatic carbocycles. The standard InChI is InChI=1S/C21H25N5O3S/c1-13-8-14(2)12-26(11-13)20-7-4-16(10-22-20)25-30(28,29)17-5-6-19-18(9-17)21(27)24-15(3)23-19/h4-7,9-10,13-14,25H,8,11-12H2,1-3H3,(H,23,24,27)/t13-,14-/m1/s1. The molecule has 1 aliphatic rings. The van der Waals surface area contributed by atoms with Gasteiger partial charge in [-0.2, -0.15) is 0 Å². The molecular weight excluding hydrogens is 402 g/mol. The Kier molecular flexibility index (Phi) is 5.23. The van der Waals surface area contributed by atoms with Crippen molar-refractivity contribution >= 4 is 32.4 Å². The molecule has 4 rings (SSSR count). The molecule has 2 atom stereocenters. The molecular formula is C21H25N5O3S. The fourth-order valence-corrected chi connectivity index (χ4v) is 5.17. The molecule has 0 amide bonds. The number of aromatic amines is 1. The topological polar surface area (TPSA) is 108 Å². The van der Waals surface area contributed by atoms with E-state index in [9.17, 15) is 13.2 Å². The van der Waals surface area contributed by atoms with Gasteiger partial charge in [0.05, 0.1) is 27.7 Å². The molecule has 0 radical (unpaired) electrons. The van der Waals surface area contributed by atoms with Crippen molar-refractivity contribution in [1.29, 1.82) is 0 Å². The Morgan fingerprint density at radius 3 is 2.53 bits per heavy atom. The highest BCUT2D eigenvalue weighted by Gasteiger charge is 2.23. The Balaban J connectivity index is 1.56. The summed E-state index contributed by atoms with van der Waals surface area (Å²) in [6.07, 6.45) is 2.73. The summed E-state index contributed by atoms with van der Waals surface area (Å²) in [4.78, 5) is 25.6. The number of piperidine rings is 1. The summed E-state index contributed by atoms with van der Waals surface area (Å²) in [5.74, 6) is 2.52. The quantitative estimate of drug-likeness (QED) is 0.663. The van der Waals surface area contributed by atoms with Crippen molar-refractivity contribution < 1.29 is 8.42 Å². The third-order valence-corrected chi connectivity index (χ3v) is 6.68. The van der Waals surface area contributed by atoms with Crippen molar-refractivity contribution in [3.05, 3.63) is 52.7 Å². The van der Waals surface area contributed by atoms with Crippen LogP contribution in [0.2, 0.25) is 0 Å². The number of aromatic nitrogens is 3. The molecule has 2 aromatic heterocycles. The van der Waals surface area contributed by atoms with Crippen LogP contribution in [0.5, 0.6) is 0 Å². The van der Waals surface area contributed by atoms with Gasteiger partial charge in [0.1, 0.15) is 11.6 Å². The SMILES string of the molecule is Cc1nc2ccc(S(=O)(=O)Nc3ccc(N4C[C@H](C)C[C@@H](C)C4)nc3)cc2c(=O)[nH]1. The zero-order valence-electron chi connectivity index (χ0n) is 17.2. The van der Waals surface area contributed by atoms with Crippen molar-refractivity contribution in [2.45, 2.75) is 32.1 Å². The third-order valence-electron chi connectivity index (χ3n) is 5.30. The molecule has 1 saturated heterocycles. The molecule has 8 nitrogen and oxygen atoms in total. The first-order chi connectivity index (χ1) is 14.2. The lowest BCUT2D eigenvalue weighted by molar-refractivity contribution is 0.355. The van der Waals surface area contributed by atoms with Gasteiger partial charge < -0.3 is 9.88 Å². The van der Waals surface area contributed by atoms with Gasteiger partial charge in [-0.25, -0.2) is 18.4 Å². The average molecular weight is 428 g/mol. The van der Waals surface area contributed by atoms with Crippen LogP contribution in [-0.2, 0) is 10.0 Å². The molecule has 2 N–H and O–H groups in total. The summed E-state index contributed by atoms with van der Waals surface area (Å²) < 4.78 is 28.2. The molecule has 30 heavy (non-hydrogen) atoms. The Hall–Kier alpha value is -2.94. The van der Waals surface area contributed by atoms with Gasteiger partial charge in [-0.15, -0.1) is 0 Å². The van der Waals surface area contributed by atoms with Crippen LogP contribution in [0.15, 0.2) is 46.2 Å². The van der Waals surface area contributed by atoms with Crippen molar-refractivity contribution in [3.8, 4) is 0 Å². The number of hydrogen-bond donors (Lipinski definition) is 2. The van der Waals surface area contributed by atoms with E-state index in [0.717, 1.165) is 18.9 Å². The van der Waals surface area contributed by atoms with Crippen LogP contribution in [0.1, 0.15) is 26.1 Å². The number of nitrogens with zero attached hydrogens (tertiary/aromatic N) is 3. The highest BCUT2D eigenvalue weighted by atomic mass is 32.2. The molecule has 1 aromatic carbocycles. The van der Waals surface area contributed by atoms with Crippen molar-refractivity contribution in [3.63, 3.8) is 0 Å². The maximum Gasteiger partial charge on any atom is 0.261 e. The number of aryl methyl sites for hydroxylation is 1. The second-order valence-electron chi connectivity index (χ2n) is 8.19. The fraction of sp³-hybridized carbons (Fsp3) is 0.381. The summed E-state index contributed by atoms with van der Waals surface area (Å²) >= 11 is 0. The summed E-state index contributed by atoms with van der Waals surface area (Å²) in [6, 6.07) is 7.85. The summed E-state index contributed by atoms with van der Waals surface area (Å²) in [5, 5.41) is 0.227. The van der Waals surface area contributed by atoms with E-state index in [1.165, 1.54) is 30.8 Å². The average Bonchev–Trinajstić information content (AvgIpc) is 2.67. The van der Waals surface area contributed by atoms with Crippen LogP contribution in [0.25, 0.3) is 10.9 Å². The fourth-order valence-electron chi connectivity index (χ4n) is 4.10. The van der Waals surface area contributed by atoms with Gasteiger partial charge in [0.2, 0.25) is 0 Å². The van der Waals surface area contributed by atoms with E-state index in [2.05, 4.69) is 38.4 Å². The van der Waals surface area contributed by atoms with Gasteiger partial charge in [-0.3, -0.25) is 9.52 Å². The largest absolute Gasteiger partial charge is 0.356 e. The number of anilines is 2. The molecule has 9 heteroatoms. The van der Waals surface area contributed by atoms with E-state index in [4.69, 9.17) is 0 Å². The maximum atomic E-state index is 12.8. The van der Waals surface area contributed by atoms with Crippen LogP contribution in [0.3, 0.4) is 0 Å². The Labute approximate surface area is 175 Å². The highest BCUT2D eigenvalue weighted by Crippen LogP contribution is 2.26. The lowest BCUT2D eigenvalue weighted by Crippen LogP contribution is -2.39. The number of pyridine rings is 1. The molecule has 0 bridgehead atoms. The zero-order valence-corrected chi connectivity index (χ0v) is 18.0. The van der Waals surface area contributed by atoms with Gasteiger partial charge in [-0.05, 0) is 55.5 Å². The number of hydrogen-bond acceptors (Lipinski definition) is 6. The van der Waals surface area contributed by atoms with Crippen LogP contribution in [-0.4, -0.2) is 36.5 Å². The number of nitrogens with one attached hydrogen (secondary N) is 2. The first-order valence-corrected chi connectivity index (χ1v) is 11.4. The molecule has 3 heterocycles. The Morgan fingerprint density at radius 1 is 1.13 bits per heavy atom. The minimum atomic E-state index is -3.87. The van der Waals surface area contributed by atoms with E-state index in [1.54, 1.807) is 13.0 Å². The second-order valence-corrected chi connectivity index (χ2v) is 9.87. The van der Waals surface area contributed by atoms with Crippen LogP contribution in [0.4, 0.5) is 11.5 Å². The smallest absolute Gasteiger partial charge is 0.261 e. The van der Waals surface area contributed by atoms with E-state index in [1.807, 2.05) is 6.07 Å². The van der Waals surface area contributed by atoms with E-state index in [0.29, 0.717) is 28.9 Å². The number of rotatable bonds is 4. The highest BCUT2D eigenvalue weighted by molar-refractivity contribution is 7.92. The van der Waals surface area contributed by atoms with Gasteiger partial charge in [0.25, 0.3) is 15.6 Å². The normalized spacial score (nSPS) is 19.8. The summed E-state index contributed by atoms with van der Waals surface area (Å²) in [7, 11) is -3.87. The summed E-state index contributed by atoms with van der Waals surface area (Å²) in [5.41, 5.74) is 0.449. The van der Waals surface area contributed by atoms with Crippen LogP contribution < -0.4 is 15.2 Å². The first-order valence-electron chi connectivity index (χ1n) is 9.96. The number of benzene rings is 1. The minimum absolute atomic E-state index is 0.00564. The third kappa shape index (κ3) is 4.16. The molecule has 0 saturated carbocycles. The maximum absolute atomic E-state index is 12.8. The molecule has 158 valence electrons. The summed E-state index contributed by atoms with van der Waals surface area (Å²) in [6.45, 7) is 8.03.